The highest BCUT2D eigenvalue weighted by molar-refractivity contribution is 7.90. The quantitative estimate of drug-likeness (QED) is 0.893. The van der Waals surface area contributed by atoms with Crippen LogP contribution >= 0.6 is 0 Å². The maximum Gasteiger partial charge on any atom is 0.177 e. The standard InChI is InChI=1S/C13H20N2O2S/c1-14-10-11-6-5-9-15(11)12-7-3-4-8-13(12)18(2,16)17/h3-4,7-8,11,14H,5-6,9-10H2,1-2H3. The summed E-state index contributed by atoms with van der Waals surface area (Å²) >= 11 is 0. The van der Waals surface area contributed by atoms with E-state index < -0.39 is 9.84 Å². The fraction of sp³-hybridized carbons (Fsp3) is 0.538. The van der Waals surface area contributed by atoms with Gasteiger partial charge < -0.3 is 10.2 Å². The number of hydrogen-bond donors (Lipinski definition) is 1. The minimum Gasteiger partial charge on any atom is -0.366 e. The molecular formula is C13H20N2O2S. The molecule has 0 radical (unpaired) electrons. The topological polar surface area (TPSA) is 49.4 Å². The Bertz CT molecular complexity index is 513. The lowest BCUT2D eigenvalue weighted by Gasteiger charge is -2.28. The van der Waals surface area contributed by atoms with Crippen LogP contribution in [0.2, 0.25) is 0 Å². The lowest BCUT2D eigenvalue weighted by molar-refractivity contribution is 0.596. The number of likely N-dealkylation sites (N-methyl/N-ethyl adjacent to an activating group) is 1. The molecule has 1 N–H and O–H groups in total. The molecule has 0 amide bonds. The Morgan fingerprint density at radius 3 is 2.78 bits per heavy atom. The molecule has 1 atom stereocenters. The van der Waals surface area contributed by atoms with Crippen LogP contribution in [0.5, 0.6) is 0 Å². The third kappa shape index (κ3) is 2.67. The molecule has 1 heterocycles. The molecule has 4 nitrogen and oxygen atoms in total. The minimum absolute atomic E-state index is 0.387. The number of hydrogen-bond acceptors (Lipinski definition) is 4. The number of para-hydroxylation sites is 1. The zero-order chi connectivity index (χ0) is 13.2. The summed E-state index contributed by atoms with van der Waals surface area (Å²) in [6.07, 6.45) is 3.50. The fourth-order valence-corrected chi connectivity index (χ4v) is 3.50. The molecule has 1 aliphatic heterocycles. The van der Waals surface area contributed by atoms with Crippen molar-refractivity contribution < 1.29 is 8.42 Å². The van der Waals surface area contributed by atoms with Gasteiger partial charge in [0.05, 0.1) is 10.6 Å². The molecule has 1 saturated heterocycles. The van der Waals surface area contributed by atoms with E-state index in [0.29, 0.717) is 10.9 Å². The van der Waals surface area contributed by atoms with Crippen molar-refractivity contribution in [2.24, 2.45) is 0 Å². The maximum absolute atomic E-state index is 11.8. The molecule has 5 heteroatoms. The van der Waals surface area contributed by atoms with E-state index in [2.05, 4.69) is 10.2 Å². The highest BCUT2D eigenvalue weighted by Crippen LogP contribution is 2.30. The Morgan fingerprint density at radius 1 is 1.39 bits per heavy atom. The molecule has 0 spiro atoms. The molecule has 0 aromatic heterocycles. The molecule has 0 bridgehead atoms. The van der Waals surface area contributed by atoms with Crippen molar-refractivity contribution in [2.45, 2.75) is 23.8 Å². The van der Waals surface area contributed by atoms with Crippen molar-refractivity contribution in [3.8, 4) is 0 Å². The van der Waals surface area contributed by atoms with E-state index in [-0.39, 0.29) is 0 Å². The molecule has 1 aromatic carbocycles. The second-order valence-corrected chi connectivity index (χ2v) is 6.77. The van der Waals surface area contributed by atoms with Gasteiger partial charge in [0.15, 0.2) is 9.84 Å². The van der Waals surface area contributed by atoms with E-state index in [9.17, 15) is 8.42 Å². The van der Waals surface area contributed by atoms with Crippen molar-refractivity contribution in [2.75, 3.05) is 31.3 Å². The predicted molar refractivity (Wildman–Crippen MR) is 73.8 cm³/mol. The second-order valence-electron chi connectivity index (χ2n) is 4.79. The Morgan fingerprint density at radius 2 is 2.11 bits per heavy atom. The number of nitrogens with one attached hydrogen (secondary N) is 1. The summed E-state index contributed by atoms with van der Waals surface area (Å²) in [6.45, 7) is 1.82. The first-order chi connectivity index (χ1) is 8.54. The van der Waals surface area contributed by atoms with Gasteiger partial charge >= 0.3 is 0 Å². The van der Waals surface area contributed by atoms with Crippen LogP contribution in [-0.4, -0.2) is 40.9 Å². The SMILES string of the molecule is CNCC1CCCN1c1ccccc1S(C)(=O)=O. The molecule has 1 aliphatic rings. The molecule has 2 rings (SSSR count). The highest BCUT2D eigenvalue weighted by Gasteiger charge is 2.27. The first-order valence-corrected chi connectivity index (χ1v) is 8.13. The molecule has 0 saturated carbocycles. The summed E-state index contributed by atoms with van der Waals surface area (Å²) in [6, 6.07) is 7.67. The van der Waals surface area contributed by atoms with Crippen molar-refractivity contribution in [3.05, 3.63) is 24.3 Å². The number of benzene rings is 1. The van der Waals surface area contributed by atoms with Gasteiger partial charge in [-0.05, 0) is 32.0 Å². The molecular weight excluding hydrogens is 248 g/mol. The van der Waals surface area contributed by atoms with Gasteiger partial charge in [-0.25, -0.2) is 8.42 Å². The van der Waals surface area contributed by atoms with Crippen LogP contribution in [-0.2, 0) is 9.84 Å². The summed E-state index contributed by atoms with van der Waals surface area (Å²) in [5, 5.41) is 3.18. The first kappa shape index (κ1) is 13.4. The van der Waals surface area contributed by atoms with E-state index in [1.54, 1.807) is 12.1 Å². The molecule has 0 aliphatic carbocycles. The Kier molecular flexibility index (Phi) is 3.92. The van der Waals surface area contributed by atoms with E-state index in [1.165, 1.54) is 6.26 Å². The van der Waals surface area contributed by atoms with Crippen LogP contribution in [0.25, 0.3) is 0 Å². The van der Waals surface area contributed by atoms with Gasteiger partial charge in [0.2, 0.25) is 0 Å². The average Bonchev–Trinajstić information content (AvgIpc) is 2.77. The van der Waals surface area contributed by atoms with Crippen molar-refractivity contribution in [1.29, 1.82) is 0 Å². The van der Waals surface area contributed by atoms with Crippen LogP contribution < -0.4 is 10.2 Å². The Labute approximate surface area is 109 Å². The molecule has 1 fully saturated rings. The average molecular weight is 268 g/mol. The number of anilines is 1. The van der Waals surface area contributed by atoms with E-state index in [0.717, 1.165) is 31.6 Å². The summed E-state index contributed by atoms with van der Waals surface area (Å²) in [5.74, 6) is 0. The van der Waals surface area contributed by atoms with Crippen LogP contribution in [0.1, 0.15) is 12.8 Å². The van der Waals surface area contributed by atoms with Crippen molar-refractivity contribution in [3.63, 3.8) is 0 Å². The second kappa shape index (κ2) is 5.28. The monoisotopic (exact) mass is 268 g/mol. The van der Waals surface area contributed by atoms with E-state index in [4.69, 9.17) is 0 Å². The number of rotatable bonds is 4. The maximum atomic E-state index is 11.8. The van der Waals surface area contributed by atoms with Crippen LogP contribution in [0.15, 0.2) is 29.2 Å². The van der Waals surface area contributed by atoms with Gasteiger partial charge in [0.25, 0.3) is 0 Å². The number of nitrogens with zero attached hydrogens (tertiary/aromatic N) is 1. The normalized spacial score (nSPS) is 20.3. The largest absolute Gasteiger partial charge is 0.366 e. The van der Waals surface area contributed by atoms with Gasteiger partial charge in [0.1, 0.15) is 0 Å². The van der Waals surface area contributed by atoms with E-state index >= 15 is 0 Å². The summed E-state index contributed by atoms with van der Waals surface area (Å²) in [7, 11) is -1.24. The minimum atomic E-state index is -3.17. The first-order valence-electron chi connectivity index (χ1n) is 6.24. The summed E-state index contributed by atoms with van der Waals surface area (Å²) in [5.41, 5.74) is 0.845. The zero-order valence-corrected chi connectivity index (χ0v) is 11.7. The van der Waals surface area contributed by atoms with Gasteiger partial charge in [-0.3, -0.25) is 0 Å². The van der Waals surface area contributed by atoms with Crippen molar-refractivity contribution in [1.82, 2.24) is 5.32 Å². The molecule has 1 unspecified atom stereocenters. The van der Waals surface area contributed by atoms with E-state index in [1.807, 2.05) is 19.2 Å². The van der Waals surface area contributed by atoms with Gasteiger partial charge in [-0.1, -0.05) is 12.1 Å². The van der Waals surface area contributed by atoms with Gasteiger partial charge in [-0.2, -0.15) is 0 Å². The zero-order valence-electron chi connectivity index (χ0n) is 10.9. The van der Waals surface area contributed by atoms with Crippen LogP contribution in [0, 0.1) is 0 Å². The third-order valence-corrected chi connectivity index (χ3v) is 4.54. The molecule has 1 aromatic rings. The summed E-state index contributed by atoms with van der Waals surface area (Å²) < 4.78 is 23.7. The Hall–Kier alpha value is -1.07. The lowest BCUT2D eigenvalue weighted by atomic mass is 10.2. The van der Waals surface area contributed by atoms with Crippen LogP contribution in [0.3, 0.4) is 0 Å². The predicted octanol–water partition coefficient (Wildman–Crippen LogP) is 1.28. The van der Waals surface area contributed by atoms with Crippen molar-refractivity contribution >= 4 is 15.5 Å². The third-order valence-electron chi connectivity index (χ3n) is 3.39. The molecule has 100 valence electrons. The van der Waals surface area contributed by atoms with Gasteiger partial charge in [0, 0.05) is 25.4 Å². The fourth-order valence-electron chi connectivity index (χ4n) is 2.61. The number of sulfone groups is 1. The van der Waals surface area contributed by atoms with Gasteiger partial charge in [-0.15, -0.1) is 0 Å². The molecule has 18 heavy (non-hydrogen) atoms. The van der Waals surface area contributed by atoms with Crippen LogP contribution in [0.4, 0.5) is 5.69 Å². The summed E-state index contributed by atoms with van der Waals surface area (Å²) in [4.78, 5) is 2.65. The highest BCUT2D eigenvalue weighted by atomic mass is 32.2. The lowest BCUT2D eigenvalue weighted by Crippen LogP contribution is -2.37. The smallest absolute Gasteiger partial charge is 0.177 e. The Balaban J connectivity index is 2.39.